The van der Waals surface area contributed by atoms with Crippen LogP contribution in [0.4, 0.5) is 0 Å². The molecule has 2 nitrogen and oxygen atoms in total. The number of carbonyl (C=O) groups excluding carboxylic acids is 1. The first-order valence-electron chi connectivity index (χ1n) is 6.32. The number of rotatable bonds is 7. The molecule has 0 aliphatic carbocycles. The molecular weight excluding hydrogens is 242 g/mol. The second-order valence-electron chi connectivity index (χ2n) is 4.54. The minimum absolute atomic E-state index is 0.0217. The lowest BCUT2D eigenvalue weighted by atomic mass is 10.2. The molecule has 0 saturated carbocycles. The number of carbonyl (C=O) groups is 1. The predicted molar refractivity (Wildman–Crippen MR) is 78.8 cm³/mol. The Balaban J connectivity index is 2.13. The summed E-state index contributed by atoms with van der Waals surface area (Å²) in [6.45, 7) is 4.88. The highest BCUT2D eigenvalue weighted by molar-refractivity contribution is 7.09. The molecule has 98 valence electrons. The Labute approximate surface area is 113 Å². The Morgan fingerprint density at radius 1 is 1.44 bits per heavy atom. The number of allylic oxidation sites excluding steroid dienone is 3. The Hall–Kier alpha value is -1.35. The zero-order chi connectivity index (χ0) is 13.2. The van der Waals surface area contributed by atoms with Crippen molar-refractivity contribution in [3.8, 4) is 0 Å². The monoisotopic (exact) mass is 263 g/mol. The van der Waals surface area contributed by atoms with Crippen molar-refractivity contribution in [1.29, 1.82) is 0 Å². The maximum absolute atomic E-state index is 11.3. The van der Waals surface area contributed by atoms with Crippen molar-refractivity contribution in [1.82, 2.24) is 5.32 Å². The molecule has 0 aromatic carbocycles. The maximum atomic E-state index is 11.3. The third kappa shape index (κ3) is 7.07. The van der Waals surface area contributed by atoms with E-state index in [2.05, 4.69) is 42.8 Å². The molecule has 0 saturated heterocycles. The highest BCUT2D eigenvalue weighted by Crippen LogP contribution is 2.10. The van der Waals surface area contributed by atoms with E-state index >= 15 is 0 Å². The highest BCUT2D eigenvalue weighted by Gasteiger charge is 1.95. The Bertz CT molecular complexity index is 391. The fraction of sp³-hybridized carbons (Fsp3) is 0.400. The molecule has 0 unspecified atom stereocenters. The molecule has 1 rings (SSSR count). The van der Waals surface area contributed by atoms with Crippen LogP contribution in [0.1, 0.15) is 25.1 Å². The van der Waals surface area contributed by atoms with Crippen molar-refractivity contribution in [2.75, 3.05) is 6.54 Å². The van der Waals surface area contributed by atoms with Crippen LogP contribution in [0.15, 0.2) is 41.8 Å². The fourth-order valence-corrected chi connectivity index (χ4v) is 2.09. The SMILES string of the molecule is CC(C)CNC(=O)/C=C\C=CCCc1cccs1. The molecule has 0 spiro atoms. The van der Waals surface area contributed by atoms with Gasteiger partial charge in [-0.2, -0.15) is 0 Å². The third-order valence-electron chi connectivity index (χ3n) is 2.32. The summed E-state index contributed by atoms with van der Waals surface area (Å²) in [5.41, 5.74) is 0. The van der Waals surface area contributed by atoms with E-state index in [0.29, 0.717) is 5.92 Å². The molecule has 0 aliphatic heterocycles. The molecule has 18 heavy (non-hydrogen) atoms. The molecule has 1 heterocycles. The van der Waals surface area contributed by atoms with E-state index in [-0.39, 0.29) is 5.91 Å². The summed E-state index contributed by atoms with van der Waals surface area (Å²) in [6, 6.07) is 4.22. The van der Waals surface area contributed by atoms with Gasteiger partial charge in [0.1, 0.15) is 0 Å². The lowest BCUT2D eigenvalue weighted by molar-refractivity contribution is -0.116. The number of aryl methyl sites for hydroxylation is 1. The van der Waals surface area contributed by atoms with Gasteiger partial charge in [0.2, 0.25) is 5.91 Å². The standard InChI is InChI=1S/C15H21NOS/c1-13(2)12-16-15(17)10-6-4-3-5-8-14-9-7-11-18-14/h3-4,6-7,9-11,13H,5,8,12H2,1-2H3,(H,16,17)/b4-3?,10-6-. The fourth-order valence-electron chi connectivity index (χ4n) is 1.36. The number of amides is 1. The predicted octanol–water partition coefficient (Wildman–Crippen LogP) is 3.57. The molecule has 1 aromatic heterocycles. The van der Waals surface area contributed by atoms with Crippen LogP contribution in [0, 0.1) is 5.92 Å². The molecule has 1 aromatic rings. The first-order valence-corrected chi connectivity index (χ1v) is 7.20. The molecule has 1 amide bonds. The van der Waals surface area contributed by atoms with E-state index in [4.69, 9.17) is 0 Å². The van der Waals surface area contributed by atoms with Crippen molar-refractivity contribution in [3.63, 3.8) is 0 Å². The average Bonchev–Trinajstić information content (AvgIpc) is 2.84. The smallest absolute Gasteiger partial charge is 0.243 e. The highest BCUT2D eigenvalue weighted by atomic mass is 32.1. The number of nitrogens with one attached hydrogen (secondary N) is 1. The molecular formula is C15H21NOS. The molecule has 3 heteroatoms. The van der Waals surface area contributed by atoms with Crippen molar-refractivity contribution < 1.29 is 4.79 Å². The molecule has 0 fully saturated rings. The van der Waals surface area contributed by atoms with Crippen molar-refractivity contribution in [2.24, 2.45) is 5.92 Å². The number of thiophene rings is 1. The summed E-state index contributed by atoms with van der Waals surface area (Å²) in [5.74, 6) is 0.468. The van der Waals surface area contributed by atoms with E-state index in [1.54, 1.807) is 23.5 Å². The summed E-state index contributed by atoms with van der Waals surface area (Å²) in [4.78, 5) is 12.7. The van der Waals surface area contributed by atoms with Gasteiger partial charge in [-0.1, -0.05) is 38.1 Å². The van der Waals surface area contributed by atoms with E-state index in [1.165, 1.54) is 4.88 Å². The third-order valence-corrected chi connectivity index (χ3v) is 3.25. The Kier molecular flexibility index (Phi) is 7.11. The van der Waals surface area contributed by atoms with E-state index in [9.17, 15) is 4.79 Å². The van der Waals surface area contributed by atoms with Crippen LogP contribution in [0.25, 0.3) is 0 Å². The van der Waals surface area contributed by atoms with Gasteiger partial charge in [0.05, 0.1) is 0 Å². The van der Waals surface area contributed by atoms with Gasteiger partial charge >= 0.3 is 0 Å². The number of hydrogen-bond donors (Lipinski definition) is 1. The van der Waals surface area contributed by atoms with E-state index < -0.39 is 0 Å². The largest absolute Gasteiger partial charge is 0.352 e. The zero-order valence-electron chi connectivity index (χ0n) is 11.1. The first-order chi connectivity index (χ1) is 8.68. The van der Waals surface area contributed by atoms with Gasteiger partial charge in [0.25, 0.3) is 0 Å². The van der Waals surface area contributed by atoms with Crippen LogP contribution < -0.4 is 5.32 Å². The van der Waals surface area contributed by atoms with Crippen LogP contribution in [-0.2, 0) is 11.2 Å². The van der Waals surface area contributed by atoms with Crippen LogP contribution in [0.2, 0.25) is 0 Å². The van der Waals surface area contributed by atoms with Gasteiger partial charge in [-0.25, -0.2) is 0 Å². The van der Waals surface area contributed by atoms with Gasteiger partial charge in [-0.3, -0.25) is 4.79 Å². The summed E-state index contributed by atoms with van der Waals surface area (Å²) in [5, 5.41) is 4.93. The van der Waals surface area contributed by atoms with Gasteiger partial charge in [-0.05, 0) is 30.2 Å². The molecule has 1 N–H and O–H groups in total. The summed E-state index contributed by atoms with van der Waals surface area (Å²) >= 11 is 1.78. The lowest BCUT2D eigenvalue weighted by Gasteiger charge is -2.03. The molecule has 0 atom stereocenters. The van der Waals surface area contributed by atoms with E-state index in [1.807, 2.05) is 6.08 Å². The second kappa shape index (κ2) is 8.70. The minimum Gasteiger partial charge on any atom is -0.352 e. The van der Waals surface area contributed by atoms with E-state index in [0.717, 1.165) is 19.4 Å². The van der Waals surface area contributed by atoms with Crippen LogP contribution >= 0.6 is 11.3 Å². The second-order valence-corrected chi connectivity index (χ2v) is 5.58. The summed E-state index contributed by atoms with van der Waals surface area (Å²) in [7, 11) is 0. The topological polar surface area (TPSA) is 29.1 Å². The summed E-state index contributed by atoms with van der Waals surface area (Å²) < 4.78 is 0. The first kappa shape index (κ1) is 14.7. The van der Waals surface area contributed by atoms with Crippen molar-refractivity contribution in [3.05, 3.63) is 46.7 Å². The Morgan fingerprint density at radius 2 is 2.28 bits per heavy atom. The van der Waals surface area contributed by atoms with Crippen LogP contribution in [0.3, 0.4) is 0 Å². The molecule has 0 radical (unpaired) electrons. The number of hydrogen-bond acceptors (Lipinski definition) is 2. The average molecular weight is 263 g/mol. The normalized spacial score (nSPS) is 11.7. The van der Waals surface area contributed by atoms with Gasteiger partial charge in [0, 0.05) is 17.5 Å². The quantitative estimate of drug-likeness (QED) is 0.591. The Morgan fingerprint density at radius 3 is 2.94 bits per heavy atom. The molecule has 0 bridgehead atoms. The van der Waals surface area contributed by atoms with Crippen molar-refractivity contribution >= 4 is 17.2 Å². The van der Waals surface area contributed by atoms with Crippen LogP contribution in [0.5, 0.6) is 0 Å². The van der Waals surface area contributed by atoms with Crippen molar-refractivity contribution in [2.45, 2.75) is 26.7 Å². The minimum atomic E-state index is -0.0217. The zero-order valence-corrected chi connectivity index (χ0v) is 11.9. The lowest BCUT2D eigenvalue weighted by Crippen LogP contribution is -2.25. The van der Waals surface area contributed by atoms with Gasteiger partial charge in [0.15, 0.2) is 0 Å². The van der Waals surface area contributed by atoms with Gasteiger partial charge < -0.3 is 5.32 Å². The molecule has 0 aliphatic rings. The van der Waals surface area contributed by atoms with Crippen LogP contribution in [-0.4, -0.2) is 12.5 Å². The van der Waals surface area contributed by atoms with Gasteiger partial charge in [-0.15, -0.1) is 11.3 Å². The maximum Gasteiger partial charge on any atom is 0.243 e. The summed E-state index contributed by atoms with van der Waals surface area (Å²) in [6.07, 6.45) is 9.47.